The van der Waals surface area contributed by atoms with Gasteiger partial charge in [-0.25, -0.2) is 14.2 Å². The Labute approximate surface area is 151 Å². The van der Waals surface area contributed by atoms with Gasteiger partial charge in [-0.05, 0) is 31.9 Å². The molecule has 1 fully saturated rings. The number of nitrogens with one attached hydrogen (secondary N) is 1. The molecule has 1 aromatic heterocycles. The lowest BCUT2D eigenvalue weighted by Crippen LogP contribution is -2.33. The Morgan fingerprint density at radius 1 is 1.46 bits per heavy atom. The Balaban J connectivity index is 2.41. The first-order chi connectivity index (χ1) is 12.2. The van der Waals surface area contributed by atoms with Crippen LogP contribution in [-0.4, -0.2) is 40.8 Å². The summed E-state index contributed by atoms with van der Waals surface area (Å²) in [5.41, 5.74) is -1.85. The number of aliphatic imine (C=N–C) groups is 1. The van der Waals surface area contributed by atoms with Gasteiger partial charge in [0.15, 0.2) is 5.69 Å². The fourth-order valence-electron chi connectivity index (χ4n) is 2.20. The lowest BCUT2D eigenvalue weighted by molar-refractivity contribution is -0.140. The van der Waals surface area contributed by atoms with Crippen molar-refractivity contribution in [2.24, 2.45) is 4.99 Å². The molecular weight excluding hydrogens is 372 g/mol. The van der Waals surface area contributed by atoms with Crippen molar-refractivity contribution in [3.8, 4) is 0 Å². The SMILES string of the molecule is C=N/C=C(\C=C(/C)F)c1ccc(NC(=O)N2CCSC2)c(C(F)(F)F)n1. The number of hydrogen-bond donors (Lipinski definition) is 1. The predicted molar refractivity (Wildman–Crippen MR) is 94.7 cm³/mol. The Kier molecular flexibility index (Phi) is 6.41. The number of halogens is 4. The second kappa shape index (κ2) is 8.35. The molecule has 2 amide bonds. The zero-order valence-electron chi connectivity index (χ0n) is 13.8. The van der Waals surface area contributed by atoms with Gasteiger partial charge in [0, 0.05) is 24.1 Å². The summed E-state index contributed by atoms with van der Waals surface area (Å²) in [6.45, 7) is 4.82. The zero-order chi connectivity index (χ0) is 19.3. The Morgan fingerprint density at radius 3 is 2.73 bits per heavy atom. The first-order valence-electron chi connectivity index (χ1n) is 7.44. The Morgan fingerprint density at radius 2 is 2.19 bits per heavy atom. The molecule has 1 aliphatic rings. The highest BCUT2D eigenvalue weighted by molar-refractivity contribution is 7.99. The van der Waals surface area contributed by atoms with E-state index in [2.05, 4.69) is 22.0 Å². The molecule has 10 heteroatoms. The maximum absolute atomic E-state index is 13.4. The zero-order valence-corrected chi connectivity index (χ0v) is 14.6. The number of anilines is 1. The number of alkyl halides is 3. The van der Waals surface area contributed by atoms with E-state index in [0.717, 1.165) is 31.0 Å². The fourth-order valence-corrected chi connectivity index (χ4v) is 3.14. The molecule has 1 saturated heterocycles. The maximum Gasteiger partial charge on any atom is 0.435 e. The maximum atomic E-state index is 13.4. The minimum atomic E-state index is -4.81. The first-order valence-corrected chi connectivity index (χ1v) is 8.60. The summed E-state index contributed by atoms with van der Waals surface area (Å²) in [6, 6.07) is 1.71. The van der Waals surface area contributed by atoms with E-state index in [1.54, 1.807) is 0 Å². The number of allylic oxidation sites excluding steroid dienone is 3. The summed E-state index contributed by atoms with van der Waals surface area (Å²) >= 11 is 1.51. The highest BCUT2D eigenvalue weighted by Gasteiger charge is 2.37. The van der Waals surface area contributed by atoms with Crippen LogP contribution in [-0.2, 0) is 6.18 Å². The van der Waals surface area contributed by atoms with Gasteiger partial charge in [-0.2, -0.15) is 13.2 Å². The lowest BCUT2D eigenvalue weighted by Gasteiger charge is -2.18. The summed E-state index contributed by atoms with van der Waals surface area (Å²) in [5.74, 6) is 0.519. The Hall–Kier alpha value is -2.36. The van der Waals surface area contributed by atoms with E-state index in [1.165, 1.54) is 22.7 Å². The van der Waals surface area contributed by atoms with Gasteiger partial charge >= 0.3 is 12.2 Å². The third kappa shape index (κ3) is 5.07. The number of urea groups is 1. The number of carbonyl (C=O) groups excluding carboxylic acids is 1. The molecule has 0 aliphatic carbocycles. The van der Waals surface area contributed by atoms with Crippen molar-refractivity contribution in [3.05, 3.63) is 41.6 Å². The smallest absolute Gasteiger partial charge is 0.314 e. The van der Waals surface area contributed by atoms with Crippen LogP contribution in [0.3, 0.4) is 0 Å². The first kappa shape index (κ1) is 20.0. The summed E-state index contributed by atoms with van der Waals surface area (Å²) in [6.07, 6.45) is -2.71. The fraction of sp³-hybridized carbons (Fsp3) is 0.312. The minimum absolute atomic E-state index is 0.0271. The number of hydrogen-bond acceptors (Lipinski definition) is 4. The van der Waals surface area contributed by atoms with E-state index in [0.29, 0.717) is 12.4 Å². The van der Waals surface area contributed by atoms with Crippen LogP contribution in [0.4, 0.5) is 28.0 Å². The molecule has 1 aromatic rings. The van der Waals surface area contributed by atoms with Gasteiger partial charge in [-0.1, -0.05) is 0 Å². The average molecular weight is 388 g/mol. The summed E-state index contributed by atoms with van der Waals surface area (Å²) in [5, 5.41) is 2.24. The van der Waals surface area contributed by atoms with E-state index in [9.17, 15) is 22.4 Å². The molecule has 26 heavy (non-hydrogen) atoms. The average Bonchev–Trinajstić information content (AvgIpc) is 3.08. The molecular formula is C16H16F4N4OS. The van der Waals surface area contributed by atoms with Crippen LogP contribution in [0.2, 0.25) is 0 Å². The summed E-state index contributed by atoms with van der Waals surface area (Å²) in [4.78, 5) is 20.5. The van der Waals surface area contributed by atoms with Crippen LogP contribution in [0, 0.1) is 0 Å². The largest absolute Gasteiger partial charge is 0.435 e. The van der Waals surface area contributed by atoms with Crippen molar-refractivity contribution in [2.75, 3.05) is 23.5 Å². The molecule has 5 nitrogen and oxygen atoms in total. The molecule has 0 saturated carbocycles. The number of pyridine rings is 1. The van der Waals surface area contributed by atoms with E-state index in [4.69, 9.17) is 0 Å². The molecule has 0 atom stereocenters. The normalized spacial score (nSPS) is 16.0. The molecule has 2 rings (SSSR count). The van der Waals surface area contributed by atoms with Crippen LogP contribution in [0.25, 0.3) is 5.57 Å². The van der Waals surface area contributed by atoms with Crippen LogP contribution in [0.1, 0.15) is 18.3 Å². The molecule has 0 spiro atoms. The standard InChI is InChI=1S/C16H16F4N4OS/c1-10(17)7-11(8-21-2)12-3-4-13(14(22-12)16(18,19)20)23-15(25)24-5-6-26-9-24/h3-4,7-8H,2,5-6,9H2,1H3,(H,23,25)/b10-7+,11-8+. The predicted octanol–water partition coefficient (Wildman–Crippen LogP) is 4.55. The second-order valence-electron chi connectivity index (χ2n) is 5.32. The van der Waals surface area contributed by atoms with Gasteiger partial charge in [-0.15, -0.1) is 11.8 Å². The van der Waals surface area contributed by atoms with Gasteiger partial charge in [0.25, 0.3) is 0 Å². The molecule has 0 radical (unpaired) electrons. The quantitative estimate of drug-likeness (QED) is 0.468. The van der Waals surface area contributed by atoms with E-state index in [-0.39, 0.29) is 11.3 Å². The van der Waals surface area contributed by atoms with Crippen molar-refractivity contribution in [1.29, 1.82) is 0 Å². The van der Waals surface area contributed by atoms with Crippen molar-refractivity contribution in [1.82, 2.24) is 9.88 Å². The third-order valence-electron chi connectivity index (χ3n) is 3.33. The van der Waals surface area contributed by atoms with Crippen LogP contribution in [0.5, 0.6) is 0 Å². The highest BCUT2D eigenvalue weighted by atomic mass is 32.2. The lowest BCUT2D eigenvalue weighted by atomic mass is 10.1. The van der Waals surface area contributed by atoms with Crippen LogP contribution in [0.15, 0.2) is 35.2 Å². The van der Waals surface area contributed by atoms with Gasteiger partial charge in [0.2, 0.25) is 0 Å². The third-order valence-corrected chi connectivity index (χ3v) is 4.29. The molecule has 0 aromatic carbocycles. The molecule has 140 valence electrons. The van der Waals surface area contributed by atoms with Crippen molar-refractivity contribution in [3.63, 3.8) is 0 Å². The van der Waals surface area contributed by atoms with Crippen LogP contribution >= 0.6 is 11.8 Å². The van der Waals surface area contributed by atoms with Crippen LogP contribution < -0.4 is 5.32 Å². The molecule has 2 heterocycles. The molecule has 1 aliphatic heterocycles. The van der Waals surface area contributed by atoms with Gasteiger partial charge in [0.1, 0.15) is 0 Å². The number of carbonyl (C=O) groups is 1. The van der Waals surface area contributed by atoms with Crippen molar-refractivity contribution in [2.45, 2.75) is 13.1 Å². The topological polar surface area (TPSA) is 57.6 Å². The monoisotopic (exact) mass is 388 g/mol. The van der Waals surface area contributed by atoms with Gasteiger partial charge in [0.05, 0.1) is 23.1 Å². The minimum Gasteiger partial charge on any atom is -0.314 e. The van der Waals surface area contributed by atoms with Crippen molar-refractivity contribution < 1.29 is 22.4 Å². The highest BCUT2D eigenvalue weighted by Crippen LogP contribution is 2.35. The van der Waals surface area contributed by atoms with Gasteiger partial charge < -0.3 is 10.2 Å². The molecule has 0 unspecified atom stereocenters. The number of amides is 2. The molecule has 1 N–H and O–H groups in total. The Bertz CT molecular complexity index is 751. The molecule has 0 bridgehead atoms. The summed E-state index contributed by atoms with van der Waals surface area (Å²) in [7, 11) is 0. The van der Waals surface area contributed by atoms with E-state index in [1.807, 2.05) is 0 Å². The second-order valence-corrected chi connectivity index (χ2v) is 6.39. The number of rotatable bonds is 4. The number of nitrogens with zero attached hydrogens (tertiary/aromatic N) is 3. The van der Waals surface area contributed by atoms with Crippen molar-refractivity contribution >= 4 is 35.8 Å². The summed E-state index contributed by atoms with van der Waals surface area (Å²) < 4.78 is 53.3. The van der Waals surface area contributed by atoms with E-state index < -0.39 is 29.4 Å². The van der Waals surface area contributed by atoms with Gasteiger partial charge in [-0.3, -0.25) is 4.99 Å². The number of aromatic nitrogens is 1. The number of thioether (sulfide) groups is 1. The van der Waals surface area contributed by atoms with E-state index >= 15 is 0 Å².